The molecule has 0 radical (unpaired) electrons. The van der Waals surface area contributed by atoms with Crippen LogP contribution in [0.1, 0.15) is 18.2 Å². The number of hydrogen-bond acceptors (Lipinski definition) is 5. The van der Waals surface area contributed by atoms with Crippen LogP contribution in [0.4, 0.5) is 0 Å². The van der Waals surface area contributed by atoms with E-state index in [1.807, 2.05) is 19.1 Å². The lowest BCUT2D eigenvalue weighted by atomic mass is 9.88. The van der Waals surface area contributed by atoms with Crippen molar-refractivity contribution in [2.45, 2.75) is 19.3 Å². The van der Waals surface area contributed by atoms with Gasteiger partial charge in [-0.3, -0.25) is 4.98 Å². The van der Waals surface area contributed by atoms with Crippen molar-refractivity contribution in [2.75, 3.05) is 13.2 Å². The van der Waals surface area contributed by atoms with E-state index in [9.17, 15) is 0 Å². The molecule has 1 heterocycles. The first-order valence-electron chi connectivity index (χ1n) is 4.68. The standard InChI is InChI=1S/C10H15NO2.CO2/c1-8-3-4-9(11-5-8)10(2,6-12)7-13;2-1-3/h3-5,12-13H,6-7H2,1-2H3;. The summed E-state index contributed by atoms with van der Waals surface area (Å²) in [4.78, 5) is 20.4. The molecular weight excluding hydrogens is 210 g/mol. The summed E-state index contributed by atoms with van der Waals surface area (Å²) < 4.78 is 0. The number of rotatable bonds is 3. The second-order valence-corrected chi connectivity index (χ2v) is 3.68. The summed E-state index contributed by atoms with van der Waals surface area (Å²) in [5.41, 5.74) is 1.17. The minimum atomic E-state index is -0.631. The van der Waals surface area contributed by atoms with Gasteiger partial charge >= 0.3 is 6.15 Å². The largest absolute Gasteiger partial charge is 0.395 e. The Bertz CT molecular complexity index is 338. The molecule has 0 atom stereocenters. The number of aryl methyl sites for hydroxylation is 1. The first-order chi connectivity index (χ1) is 7.53. The van der Waals surface area contributed by atoms with Gasteiger partial charge in [0.25, 0.3) is 0 Å². The average molecular weight is 225 g/mol. The highest BCUT2D eigenvalue weighted by molar-refractivity contribution is 5.20. The fourth-order valence-electron chi connectivity index (χ4n) is 1.04. The second kappa shape index (κ2) is 6.85. The quantitative estimate of drug-likeness (QED) is 0.758. The fraction of sp³-hybridized carbons (Fsp3) is 0.455. The smallest absolute Gasteiger partial charge is 0.373 e. The van der Waals surface area contributed by atoms with Crippen LogP contribution in [0.15, 0.2) is 18.3 Å². The first-order valence-corrected chi connectivity index (χ1v) is 4.68. The van der Waals surface area contributed by atoms with E-state index in [2.05, 4.69) is 4.98 Å². The molecular formula is C11H15NO4. The minimum absolute atomic E-state index is 0.0977. The monoisotopic (exact) mass is 225 g/mol. The molecule has 88 valence electrons. The van der Waals surface area contributed by atoms with E-state index in [4.69, 9.17) is 19.8 Å². The van der Waals surface area contributed by atoms with Crippen molar-refractivity contribution in [3.05, 3.63) is 29.6 Å². The summed E-state index contributed by atoms with van der Waals surface area (Å²) in [5.74, 6) is 0. The predicted octanol–water partition coefficient (Wildman–Crippen LogP) is 0.0488. The minimum Gasteiger partial charge on any atom is -0.395 e. The molecule has 1 rings (SSSR count). The Kier molecular flexibility index (Phi) is 6.18. The van der Waals surface area contributed by atoms with Crippen molar-refractivity contribution in [3.63, 3.8) is 0 Å². The fourth-order valence-corrected chi connectivity index (χ4v) is 1.04. The topological polar surface area (TPSA) is 87.5 Å². The molecule has 1 aromatic rings. The molecule has 0 aliphatic heterocycles. The van der Waals surface area contributed by atoms with Crippen molar-refractivity contribution >= 4 is 6.15 Å². The Hall–Kier alpha value is -1.55. The number of hydrogen-bond donors (Lipinski definition) is 2. The number of carbonyl (C=O) groups excluding carboxylic acids is 2. The molecule has 1 aromatic heterocycles. The third-order valence-corrected chi connectivity index (χ3v) is 2.23. The summed E-state index contributed by atoms with van der Waals surface area (Å²) in [7, 11) is 0. The highest BCUT2D eigenvalue weighted by Gasteiger charge is 2.26. The molecule has 16 heavy (non-hydrogen) atoms. The number of pyridine rings is 1. The SMILES string of the molecule is Cc1ccc(C(C)(CO)CO)nc1.O=C=O. The van der Waals surface area contributed by atoms with Gasteiger partial charge < -0.3 is 10.2 Å². The highest BCUT2D eigenvalue weighted by atomic mass is 16.3. The zero-order chi connectivity index (χ0) is 12.6. The third-order valence-electron chi connectivity index (χ3n) is 2.23. The van der Waals surface area contributed by atoms with E-state index in [0.717, 1.165) is 11.3 Å². The Balaban J connectivity index is 0.000000673. The summed E-state index contributed by atoms with van der Waals surface area (Å²) in [5, 5.41) is 18.2. The predicted molar refractivity (Wildman–Crippen MR) is 55.5 cm³/mol. The van der Waals surface area contributed by atoms with E-state index in [0.29, 0.717) is 0 Å². The van der Waals surface area contributed by atoms with Crippen LogP contribution in [0.5, 0.6) is 0 Å². The van der Waals surface area contributed by atoms with Gasteiger partial charge in [-0.1, -0.05) is 6.07 Å². The molecule has 0 aromatic carbocycles. The summed E-state index contributed by atoms with van der Waals surface area (Å²) >= 11 is 0. The molecule has 5 heteroatoms. The van der Waals surface area contributed by atoms with Crippen molar-refractivity contribution < 1.29 is 19.8 Å². The highest BCUT2D eigenvalue weighted by Crippen LogP contribution is 2.20. The lowest BCUT2D eigenvalue weighted by Crippen LogP contribution is -2.32. The van der Waals surface area contributed by atoms with Crippen molar-refractivity contribution in [1.82, 2.24) is 4.98 Å². The van der Waals surface area contributed by atoms with Crippen molar-refractivity contribution in [1.29, 1.82) is 0 Å². The van der Waals surface area contributed by atoms with E-state index < -0.39 is 5.41 Å². The molecule has 0 fully saturated rings. The van der Waals surface area contributed by atoms with Gasteiger partial charge in [0.05, 0.1) is 24.3 Å². The summed E-state index contributed by atoms with van der Waals surface area (Å²) in [6.07, 6.45) is 1.99. The van der Waals surface area contributed by atoms with Crippen molar-refractivity contribution in [2.24, 2.45) is 0 Å². The van der Waals surface area contributed by atoms with Crippen LogP contribution in [0.3, 0.4) is 0 Å². The van der Waals surface area contributed by atoms with E-state index in [1.165, 1.54) is 0 Å². The molecule has 0 amide bonds. The van der Waals surface area contributed by atoms with Crippen LogP contribution < -0.4 is 0 Å². The zero-order valence-electron chi connectivity index (χ0n) is 9.30. The van der Waals surface area contributed by atoms with Crippen LogP contribution in [-0.4, -0.2) is 34.6 Å². The van der Waals surface area contributed by atoms with Gasteiger partial charge in [0.1, 0.15) is 0 Å². The average Bonchev–Trinajstić information content (AvgIpc) is 2.30. The summed E-state index contributed by atoms with van der Waals surface area (Å²) in [6, 6.07) is 3.76. The van der Waals surface area contributed by atoms with Gasteiger partial charge in [0, 0.05) is 6.20 Å². The third kappa shape index (κ3) is 3.90. The zero-order valence-corrected chi connectivity index (χ0v) is 9.30. The van der Waals surface area contributed by atoms with Crippen LogP contribution in [0, 0.1) is 6.92 Å². The molecule has 0 saturated heterocycles. The van der Waals surface area contributed by atoms with Gasteiger partial charge in [0.15, 0.2) is 0 Å². The Labute approximate surface area is 93.8 Å². The molecule has 0 saturated carbocycles. The maximum absolute atomic E-state index is 9.11. The molecule has 0 bridgehead atoms. The molecule has 5 nitrogen and oxygen atoms in total. The molecule has 0 aliphatic carbocycles. The van der Waals surface area contributed by atoms with Gasteiger partial charge in [0.2, 0.25) is 0 Å². The molecule has 2 N–H and O–H groups in total. The maximum Gasteiger partial charge on any atom is 0.373 e. The number of aliphatic hydroxyl groups is 2. The van der Waals surface area contributed by atoms with E-state index in [-0.39, 0.29) is 19.4 Å². The Morgan fingerprint density at radius 1 is 1.31 bits per heavy atom. The van der Waals surface area contributed by atoms with Crippen molar-refractivity contribution in [3.8, 4) is 0 Å². The number of aliphatic hydroxyl groups excluding tert-OH is 2. The van der Waals surface area contributed by atoms with Crippen LogP contribution >= 0.6 is 0 Å². The number of nitrogens with zero attached hydrogens (tertiary/aromatic N) is 1. The van der Waals surface area contributed by atoms with E-state index in [1.54, 1.807) is 13.1 Å². The first kappa shape index (κ1) is 14.5. The molecule has 0 spiro atoms. The van der Waals surface area contributed by atoms with Crippen LogP contribution in [-0.2, 0) is 15.0 Å². The maximum atomic E-state index is 9.11. The van der Waals surface area contributed by atoms with Gasteiger partial charge in [-0.2, -0.15) is 9.59 Å². The van der Waals surface area contributed by atoms with Crippen LogP contribution in [0.25, 0.3) is 0 Å². The second-order valence-electron chi connectivity index (χ2n) is 3.68. The van der Waals surface area contributed by atoms with Gasteiger partial charge in [-0.05, 0) is 25.5 Å². The van der Waals surface area contributed by atoms with Crippen LogP contribution in [0.2, 0.25) is 0 Å². The lowest BCUT2D eigenvalue weighted by molar-refractivity contribution is -0.191. The lowest BCUT2D eigenvalue weighted by Gasteiger charge is -2.23. The summed E-state index contributed by atoms with van der Waals surface area (Å²) in [6.45, 7) is 3.54. The normalized spacial score (nSPS) is 10.0. The molecule has 0 aliphatic rings. The van der Waals surface area contributed by atoms with Gasteiger partial charge in [-0.25, -0.2) is 0 Å². The Morgan fingerprint density at radius 3 is 2.12 bits per heavy atom. The van der Waals surface area contributed by atoms with Gasteiger partial charge in [-0.15, -0.1) is 0 Å². The Morgan fingerprint density at radius 2 is 1.81 bits per heavy atom. The number of aromatic nitrogens is 1. The van der Waals surface area contributed by atoms with E-state index >= 15 is 0 Å². The molecule has 0 unspecified atom stereocenters.